The molecule has 1 aliphatic heterocycles. The van der Waals surface area contributed by atoms with Crippen molar-refractivity contribution in [3.8, 4) is 10.6 Å². The van der Waals surface area contributed by atoms with E-state index in [4.69, 9.17) is 9.31 Å². The van der Waals surface area contributed by atoms with Crippen molar-refractivity contribution in [3.05, 3.63) is 42.2 Å². The highest BCUT2D eigenvalue weighted by Crippen LogP contribution is 2.37. The smallest absolute Gasteiger partial charge is 0.399 e. The van der Waals surface area contributed by atoms with Crippen molar-refractivity contribution >= 4 is 44.0 Å². The Hall–Kier alpha value is -1.81. The van der Waals surface area contributed by atoms with Crippen LogP contribution >= 0.6 is 11.3 Å². The average molecular weight is 433 g/mol. The fraction of sp³-hybridized carbons (Fsp3) is 0.350. The minimum atomic E-state index is -3.47. The van der Waals surface area contributed by atoms with Gasteiger partial charge < -0.3 is 9.31 Å². The number of hydrogen-bond acceptors (Lipinski definition) is 6. The minimum absolute atomic E-state index is 0.0529. The monoisotopic (exact) mass is 433 g/mol. The molecule has 0 atom stereocenters. The summed E-state index contributed by atoms with van der Waals surface area (Å²) in [5, 5.41) is 0.489. The fourth-order valence-electron chi connectivity index (χ4n) is 3.08. The standard InChI is InChI=1S/C20H21BFNO4S2/c1-19(2)20(3,4)27-21(26-19)12-6-9-16-17(10-12)28-18(23-16)14-8-7-13(11-15(14)22)29(5,24)25/h6-11H,1-5H3. The molecule has 29 heavy (non-hydrogen) atoms. The summed E-state index contributed by atoms with van der Waals surface area (Å²) < 4.78 is 50.9. The molecule has 1 saturated heterocycles. The molecule has 2 aromatic carbocycles. The quantitative estimate of drug-likeness (QED) is 0.588. The van der Waals surface area contributed by atoms with Crippen LogP contribution in [0.5, 0.6) is 0 Å². The van der Waals surface area contributed by atoms with E-state index in [0.717, 1.165) is 28.0 Å². The summed E-state index contributed by atoms with van der Waals surface area (Å²) in [7, 11) is -3.95. The molecule has 2 heterocycles. The Bertz CT molecular complexity index is 1200. The number of hydrogen-bond donors (Lipinski definition) is 0. The SMILES string of the molecule is CC1(C)OB(c2ccc3nc(-c4ccc(S(C)(=O)=O)cc4F)sc3c2)OC1(C)C. The molecular formula is C20H21BFNO4S2. The second-order valence-electron chi connectivity index (χ2n) is 8.25. The largest absolute Gasteiger partial charge is 0.494 e. The van der Waals surface area contributed by atoms with Crippen LogP contribution in [0.3, 0.4) is 0 Å². The highest BCUT2D eigenvalue weighted by Gasteiger charge is 2.51. The van der Waals surface area contributed by atoms with Crippen molar-refractivity contribution in [2.45, 2.75) is 43.8 Å². The topological polar surface area (TPSA) is 65.5 Å². The predicted molar refractivity (Wildman–Crippen MR) is 114 cm³/mol. The number of sulfone groups is 1. The van der Waals surface area contributed by atoms with E-state index < -0.39 is 34.0 Å². The maximum absolute atomic E-state index is 14.6. The number of nitrogens with zero attached hydrogens (tertiary/aromatic N) is 1. The highest BCUT2D eigenvalue weighted by molar-refractivity contribution is 7.90. The Morgan fingerprint density at radius 3 is 2.28 bits per heavy atom. The fourth-order valence-corrected chi connectivity index (χ4v) is 4.76. The van der Waals surface area contributed by atoms with Crippen LogP contribution in [0.15, 0.2) is 41.3 Å². The predicted octanol–water partition coefficient (Wildman–Crippen LogP) is 3.81. The molecular weight excluding hydrogens is 412 g/mol. The Morgan fingerprint density at radius 1 is 1.03 bits per heavy atom. The third kappa shape index (κ3) is 3.61. The van der Waals surface area contributed by atoms with E-state index in [1.54, 1.807) is 0 Å². The summed E-state index contributed by atoms with van der Waals surface area (Å²) in [6, 6.07) is 9.59. The highest BCUT2D eigenvalue weighted by atomic mass is 32.2. The van der Waals surface area contributed by atoms with Crippen LogP contribution in [-0.2, 0) is 19.1 Å². The van der Waals surface area contributed by atoms with E-state index in [1.165, 1.54) is 23.5 Å². The van der Waals surface area contributed by atoms with Crippen molar-refractivity contribution < 1.29 is 22.1 Å². The molecule has 0 amide bonds. The molecule has 0 spiro atoms. The zero-order valence-electron chi connectivity index (χ0n) is 16.8. The molecule has 0 radical (unpaired) electrons. The van der Waals surface area contributed by atoms with E-state index in [1.807, 2.05) is 45.9 Å². The van der Waals surface area contributed by atoms with Crippen LogP contribution in [-0.4, -0.2) is 38.0 Å². The summed E-state index contributed by atoms with van der Waals surface area (Å²) in [5.74, 6) is -0.613. The molecule has 4 rings (SSSR count). The third-order valence-electron chi connectivity index (χ3n) is 5.54. The molecule has 0 aliphatic carbocycles. The van der Waals surface area contributed by atoms with Gasteiger partial charge in [-0.25, -0.2) is 17.8 Å². The van der Waals surface area contributed by atoms with Gasteiger partial charge >= 0.3 is 7.12 Å². The van der Waals surface area contributed by atoms with Gasteiger partial charge in [0.05, 0.1) is 26.3 Å². The molecule has 9 heteroatoms. The lowest BCUT2D eigenvalue weighted by Gasteiger charge is -2.32. The normalized spacial score (nSPS) is 18.5. The Morgan fingerprint density at radius 2 is 1.69 bits per heavy atom. The van der Waals surface area contributed by atoms with Gasteiger partial charge in [-0.3, -0.25) is 0 Å². The number of halogens is 1. The molecule has 0 N–H and O–H groups in total. The number of rotatable bonds is 3. The molecule has 1 aromatic heterocycles. The van der Waals surface area contributed by atoms with E-state index in [9.17, 15) is 12.8 Å². The molecule has 3 aromatic rings. The minimum Gasteiger partial charge on any atom is -0.399 e. The number of thiazole rings is 1. The maximum Gasteiger partial charge on any atom is 0.494 e. The van der Waals surface area contributed by atoms with Crippen LogP contribution in [0.2, 0.25) is 0 Å². The lowest BCUT2D eigenvalue weighted by atomic mass is 9.79. The van der Waals surface area contributed by atoms with Crippen molar-refractivity contribution in [1.82, 2.24) is 4.98 Å². The summed E-state index contributed by atoms with van der Waals surface area (Å²) in [6.07, 6.45) is 1.05. The first-order valence-electron chi connectivity index (χ1n) is 9.13. The number of benzene rings is 2. The van der Waals surface area contributed by atoms with Gasteiger partial charge in [0.15, 0.2) is 9.84 Å². The van der Waals surface area contributed by atoms with Crippen molar-refractivity contribution in [3.63, 3.8) is 0 Å². The van der Waals surface area contributed by atoms with Crippen LogP contribution < -0.4 is 5.46 Å². The van der Waals surface area contributed by atoms with Crippen LogP contribution in [0.4, 0.5) is 4.39 Å². The van der Waals surface area contributed by atoms with Crippen molar-refractivity contribution in [1.29, 1.82) is 0 Å². The molecule has 1 fully saturated rings. The van der Waals surface area contributed by atoms with Crippen LogP contribution in [0, 0.1) is 5.82 Å². The number of fused-ring (bicyclic) bond motifs is 1. The summed E-state index contributed by atoms with van der Waals surface area (Å²) in [6.45, 7) is 8.00. The van der Waals surface area contributed by atoms with Crippen molar-refractivity contribution in [2.75, 3.05) is 6.26 Å². The zero-order chi connectivity index (χ0) is 21.2. The molecule has 0 saturated carbocycles. The maximum atomic E-state index is 14.6. The molecule has 0 unspecified atom stereocenters. The van der Waals surface area contributed by atoms with E-state index in [-0.39, 0.29) is 10.5 Å². The lowest BCUT2D eigenvalue weighted by molar-refractivity contribution is 0.00578. The summed E-state index contributed by atoms with van der Waals surface area (Å²) >= 11 is 1.34. The van der Waals surface area contributed by atoms with Crippen molar-refractivity contribution in [2.24, 2.45) is 0 Å². The lowest BCUT2D eigenvalue weighted by Crippen LogP contribution is -2.41. The van der Waals surface area contributed by atoms with Crippen LogP contribution in [0.25, 0.3) is 20.8 Å². The first-order valence-corrected chi connectivity index (χ1v) is 11.8. The van der Waals surface area contributed by atoms with Gasteiger partial charge in [0.25, 0.3) is 0 Å². The van der Waals surface area contributed by atoms with E-state index in [0.29, 0.717) is 5.01 Å². The molecule has 5 nitrogen and oxygen atoms in total. The van der Waals surface area contributed by atoms with E-state index >= 15 is 0 Å². The molecule has 0 bridgehead atoms. The molecule has 152 valence electrons. The Labute approximate surface area is 173 Å². The third-order valence-corrected chi connectivity index (χ3v) is 7.70. The van der Waals surface area contributed by atoms with Gasteiger partial charge in [0, 0.05) is 11.8 Å². The first kappa shape index (κ1) is 20.5. The van der Waals surface area contributed by atoms with Gasteiger partial charge in [-0.1, -0.05) is 6.07 Å². The first-order chi connectivity index (χ1) is 13.4. The molecule has 1 aliphatic rings. The second kappa shape index (κ2) is 6.60. The Kier molecular flexibility index (Phi) is 4.66. The van der Waals surface area contributed by atoms with Gasteiger partial charge in [-0.2, -0.15) is 0 Å². The second-order valence-corrected chi connectivity index (χ2v) is 11.3. The Balaban J connectivity index is 1.70. The van der Waals surface area contributed by atoms with Gasteiger partial charge in [0.2, 0.25) is 0 Å². The van der Waals surface area contributed by atoms with Crippen LogP contribution in [0.1, 0.15) is 27.7 Å². The van der Waals surface area contributed by atoms with E-state index in [2.05, 4.69) is 4.98 Å². The van der Waals surface area contributed by atoms with Gasteiger partial charge in [-0.05, 0) is 63.5 Å². The zero-order valence-corrected chi connectivity index (χ0v) is 18.4. The number of aromatic nitrogens is 1. The average Bonchev–Trinajstić information content (AvgIpc) is 3.11. The van der Waals surface area contributed by atoms with Gasteiger partial charge in [-0.15, -0.1) is 11.3 Å². The summed E-state index contributed by atoms with van der Waals surface area (Å²) in [5.41, 5.74) is 1.01. The summed E-state index contributed by atoms with van der Waals surface area (Å²) in [4.78, 5) is 4.46. The van der Waals surface area contributed by atoms with Gasteiger partial charge in [0.1, 0.15) is 10.8 Å².